The maximum Gasteiger partial charge on any atom is 0.0471 e. The van der Waals surface area contributed by atoms with Crippen LogP contribution in [0.3, 0.4) is 0 Å². The number of hydrogen-bond acceptors (Lipinski definition) is 2. The molecule has 2 nitrogen and oxygen atoms in total. The van der Waals surface area contributed by atoms with E-state index in [1.807, 2.05) is 0 Å². The van der Waals surface area contributed by atoms with E-state index in [-0.39, 0.29) is 0 Å². The van der Waals surface area contributed by atoms with Crippen molar-refractivity contribution in [1.82, 2.24) is 10.6 Å². The van der Waals surface area contributed by atoms with Crippen LogP contribution in [0, 0.1) is 0 Å². The Bertz CT molecular complexity index is 131. The van der Waals surface area contributed by atoms with E-state index < -0.39 is 0 Å². The average molecular weight is 124 g/mol. The van der Waals surface area contributed by atoms with Gasteiger partial charge in [-0.2, -0.15) is 0 Å². The van der Waals surface area contributed by atoms with Gasteiger partial charge in [-0.05, 0) is 31.7 Å². The summed E-state index contributed by atoms with van der Waals surface area (Å²) in [6.07, 6.45) is 6.91. The lowest BCUT2D eigenvalue weighted by atomic mass is 10.0. The van der Waals surface area contributed by atoms with Crippen LogP contribution in [-0.4, -0.2) is 18.6 Å². The Morgan fingerprint density at radius 3 is 3.33 bits per heavy atom. The first-order chi connectivity index (χ1) is 4.47. The van der Waals surface area contributed by atoms with Crippen molar-refractivity contribution >= 4 is 0 Å². The summed E-state index contributed by atoms with van der Waals surface area (Å²) < 4.78 is 0. The van der Waals surface area contributed by atoms with Gasteiger partial charge in [-0.3, -0.25) is 0 Å². The standard InChI is InChI=1S/C7H12N2/c1-2-6-7(8-4-1)3-5-9-6/h3,5-9H,1-2,4H2. The van der Waals surface area contributed by atoms with Crippen molar-refractivity contribution in [3.63, 3.8) is 0 Å². The van der Waals surface area contributed by atoms with E-state index in [0.717, 1.165) is 0 Å². The van der Waals surface area contributed by atoms with Crippen LogP contribution in [0.15, 0.2) is 12.3 Å². The Labute approximate surface area is 55.3 Å². The second kappa shape index (κ2) is 2.03. The molecule has 0 bridgehead atoms. The quantitative estimate of drug-likeness (QED) is 0.483. The number of nitrogens with one attached hydrogen (secondary N) is 2. The molecule has 1 saturated heterocycles. The molecule has 2 atom stereocenters. The Morgan fingerprint density at radius 2 is 2.44 bits per heavy atom. The molecule has 0 aliphatic carbocycles. The number of fused-ring (bicyclic) bond motifs is 1. The summed E-state index contributed by atoms with van der Waals surface area (Å²) in [6, 6.07) is 1.32. The molecule has 0 amide bonds. The van der Waals surface area contributed by atoms with Gasteiger partial charge in [-0.1, -0.05) is 0 Å². The first-order valence-electron chi connectivity index (χ1n) is 3.63. The topological polar surface area (TPSA) is 24.1 Å². The minimum absolute atomic E-state index is 0.624. The summed E-state index contributed by atoms with van der Waals surface area (Å²) in [6.45, 7) is 1.19. The fraction of sp³-hybridized carbons (Fsp3) is 0.714. The summed E-state index contributed by atoms with van der Waals surface area (Å²) >= 11 is 0. The zero-order chi connectivity index (χ0) is 6.10. The van der Waals surface area contributed by atoms with Crippen molar-refractivity contribution in [2.45, 2.75) is 24.9 Å². The van der Waals surface area contributed by atoms with Crippen LogP contribution in [0.5, 0.6) is 0 Å². The third-order valence-corrected chi connectivity index (χ3v) is 2.12. The lowest BCUT2D eigenvalue weighted by molar-refractivity contribution is 0.385. The molecule has 1 fully saturated rings. The molecule has 2 N–H and O–H groups in total. The van der Waals surface area contributed by atoms with Gasteiger partial charge >= 0.3 is 0 Å². The molecule has 0 aromatic rings. The second-order valence-corrected chi connectivity index (χ2v) is 2.75. The second-order valence-electron chi connectivity index (χ2n) is 2.75. The van der Waals surface area contributed by atoms with E-state index in [4.69, 9.17) is 0 Å². The number of rotatable bonds is 0. The Balaban J connectivity index is 2.03. The van der Waals surface area contributed by atoms with Crippen LogP contribution >= 0.6 is 0 Å². The number of piperidine rings is 1. The normalized spacial score (nSPS) is 40.0. The lowest BCUT2D eigenvalue weighted by Crippen LogP contribution is -2.45. The van der Waals surface area contributed by atoms with E-state index >= 15 is 0 Å². The van der Waals surface area contributed by atoms with Gasteiger partial charge < -0.3 is 10.6 Å². The Hall–Kier alpha value is -0.500. The number of hydrogen-bond donors (Lipinski definition) is 2. The maximum absolute atomic E-state index is 3.43. The van der Waals surface area contributed by atoms with Crippen molar-refractivity contribution in [2.75, 3.05) is 6.54 Å². The van der Waals surface area contributed by atoms with E-state index in [9.17, 15) is 0 Å². The van der Waals surface area contributed by atoms with Gasteiger partial charge in [0.15, 0.2) is 0 Å². The molecule has 9 heavy (non-hydrogen) atoms. The molecule has 0 aromatic heterocycles. The smallest absolute Gasteiger partial charge is 0.0471 e. The summed E-state index contributed by atoms with van der Waals surface area (Å²) in [4.78, 5) is 0. The molecule has 50 valence electrons. The van der Waals surface area contributed by atoms with Crippen molar-refractivity contribution in [2.24, 2.45) is 0 Å². The highest BCUT2D eigenvalue weighted by atomic mass is 15.0. The molecule has 0 radical (unpaired) electrons. The van der Waals surface area contributed by atoms with Crippen molar-refractivity contribution in [3.05, 3.63) is 12.3 Å². The molecule has 2 heterocycles. The lowest BCUT2D eigenvalue weighted by Gasteiger charge is -2.25. The van der Waals surface area contributed by atoms with Gasteiger partial charge in [0.25, 0.3) is 0 Å². The van der Waals surface area contributed by atoms with Gasteiger partial charge in [0.05, 0.1) is 0 Å². The highest BCUT2D eigenvalue weighted by Gasteiger charge is 2.24. The van der Waals surface area contributed by atoms with Crippen LogP contribution in [0.1, 0.15) is 12.8 Å². The molecule has 2 aliphatic heterocycles. The SMILES string of the molecule is C1=CC2NCCCC2N1. The van der Waals surface area contributed by atoms with E-state index in [0.29, 0.717) is 12.1 Å². The fourth-order valence-corrected chi connectivity index (χ4v) is 1.58. The monoisotopic (exact) mass is 124 g/mol. The molecule has 0 saturated carbocycles. The first kappa shape index (κ1) is 5.30. The zero-order valence-electron chi connectivity index (χ0n) is 5.43. The van der Waals surface area contributed by atoms with Gasteiger partial charge in [0.2, 0.25) is 0 Å². The zero-order valence-corrected chi connectivity index (χ0v) is 5.43. The van der Waals surface area contributed by atoms with Crippen LogP contribution in [0.2, 0.25) is 0 Å². The van der Waals surface area contributed by atoms with Crippen LogP contribution < -0.4 is 10.6 Å². The van der Waals surface area contributed by atoms with E-state index in [1.165, 1.54) is 19.4 Å². The minimum Gasteiger partial charge on any atom is -0.386 e. The van der Waals surface area contributed by atoms with Crippen molar-refractivity contribution in [3.8, 4) is 0 Å². The largest absolute Gasteiger partial charge is 0.386 e. The fourth-order valence-electron chi connectivity index (χ4n) is 1.58. The maximum atomic E-state index is 3.43. The van der Waals surface area contributed by atoms with Crippen LogP contribution in [-0.2, 0) is 0 Å². The molecule has 0 aromatic carbocycles. The minimum atomic E-state index is 0.624. The summed E-state index contributed by atoms with van der Waals surface area (Å²) in [5, 5.41) is 6.75. The van der Waals surface area contributed by atoms with Gasteiger partial charge in [-0.15, -0.1) is 0 Å². The average Bonchev–Trinajstić information content (AvgIpc) is 2.33. The molecule has 2 aliphatic rings. The highest BCUT2D eigenvalue weighted by molar-refractivity contribution is 5.08. The highest BCUT2D eigenvalue weighted by Crippen LogP contribution is 2.13. The van der Waals surface area contributed by atoms with Crippen molar-refractivity contribution < 1.29 is 0 Å². The third kappa shape index (κ3) is 0.833. The molecular weight excluding hydrogens is 112 g/mol. The third-order valence-electron chi connectivity index (χ3n) is 2.12. The van der Waals surface area contributed by atoms with E-state index in [1.54, 1.807) is 0 Å². The molecule has 2 unspecified atom stereocenters. The van der Waals surface area contributed by atoms with Gasteiger partial charge in [0.1, 0.15) is 0 Å². The Morgan fingerprint density at radius 1 is 1.44 bits per heavy atom. The Kier molecular flexibility index (Phi) is 1.19. The predicted octanol–water partition coefficient (Wildman–Crippen LogP) is 0.224. The molecular formula is C7H12N2. The summed E-state index contributed by atoms with van der Waals surface area (Å²) in [5.74, 6) is 0. The predicted molar refractivity (Wildman–Crippen MR) is 37.1 cm³/mol. The van der Waals surface area contributed by atoms with Gasteiger partial charge in [-0.25, -0.2) is 0 Å². The molecule has 2 heteroatoms. The van der Waals surface area contributed by atoms with Crippen LogP contribution in [0.4, 0.5) is 0 Å². The first-order valence-corrected chi connectivity index (χ1v) is 3.63. The van der Waals surface area contributed by atoms with Crippen molar-refractivity contribution in [1.29, 1.82) is 0 Å². The summed E-state index contributed by atoms with van der Waals surface area (Å²) in [5.41, 5.74) is 0. The molecule has 2 rings (SSSR count). The van der Waals surface area contributed by atoms with E-state index in [2.05, 4.69) is 22.9 Å². The summed E-state index contributed by atoms with van der Waals surface area (Å²) in [7, 11) is 0. The van der Waals surface area contributed by atoms with Crippen LogP contribution in [0.25, 0.3) is 0 Å². The van der Waals surface area contributed by atoms with Gasteiger partial charge in [0, 0.05) is 12.1 Å². The molecule has 0 spiro atoms.